The highest BCUT2D eigenvalue weighted by Gasteiger charge is 2.48. The van der Waals surface area contributed by atoms with Crippen molar-refractivity contribution < 1.29 is 57.3 Å². The lowest BCUT2D eigenvalue weighted by molar-refractivity contribution is 0.0122. The van der Waals surface area contributed by atoms with E-state index < -0.39 is 55.8 Å². The molecule has 3 heterocycles. The van der Waals surface area contributed by atoms with Gasteiger partial charge in [-0.05, 0) is 25.8 Å². The van der Waals surface area contributed by atoms with Crippen LogP contribution in [0, 0.1) is 5.82 Å². The first-order chi connectivity index (χ1) is 17.6. The van der Waals surface area contributed by atoms with Crippen molar-refractivity contribution in [2.45, 2.75) is 50.3 Å². The van der Waals surface area contributed by atoms with Gasteiger partial charge < -0.3 is 43.6 Å². The van der Waals surface area contributed by atoms with Crippen LogP contribution in [-0.4, -0.2) is 66.2 Å². The maximum atomic E-state index is 15.4. The number of carbonyl (C=O) groups is 2. The Morgan fingerprint density at radius 2 is 1.71 bits per heavy atom. The number of piperidine rings is 1. The van der Waals surface area contributed by atoms with Gasteiger partial charge in [-0.3, -0.25) is 13.9 Å². The largest absolute Gasteiger partial charge is 0.510 e. The molecule has 1 aromatic heterocycles. The highest BCUT2D eigenvalue weighted by atomic mass is 31.2. The van der Waals surface area contributed by atoms with Crippen molar-refractivity contribution in [2.75, 3.05) is 18.0 Å². The summed E-state index contributed by atoms with van der Waals surface area (Å²) >= 11 is 0. The van der Waals surface area contributed by atoms with E-state index in [4.69, 9.17) is 24.3 Å². The maximum absolute atomic E-state index is 15.4. The fraction of sp³-hybridized carbons (Fsp3) is 0.476. The van der Waals surface area contributed by atoms with Gasteiger partial charge in [0.05, 0.1) is 11.2 Å². The minimum atomic E-state index is -5.50. The van der Waals surface area contributed by atoms with Crippen LogP contribution in [-0.2, 0) is 25.0 Å². The molecule has 2 aromatic rings. The van der Waals surface area contributed by atoms with E-state index in [1.165, 1.54) is 6.20 Å². The Balaban J connectivity index is 1.56. The number of rotatable bonds is 6. The highest BCUT2D eigenvalue weighted by Crippen LogP contribution is 2.60. The number of carboxylic acids is 1. The molecule has 0 saturated carbocycles. The summed E-state index contributed by atoms with van der Waals surface area (Å²) in [5.41, 5.74) is -2.98. The van der Waals surface area contributed by atoms with Gasteiger partial charge in [-0.15, -0.1) is 0 Å². The summed E-state index contributed by atoms with van der Waals surface area (Å²) in [4.78, 5) is 74.3. The van der Waals surface area contributed by atoms with Gasteiger partial charge in [0.25, 0.3) is 0 Å². The lowest BCUT2D eigenvalue weighted by Crippen LogP contribution is -2.39. The number of aryl methyl sites for hydroxylation is 1. The third-order valence-corrected chi connectivity index (χ3v) is 9.82. The average Bonchev–Trinajstić information content (AvgIpc) is 2.80. The molecule has 2 aliphatic heterocycles. The van der Waals surface area contributed by atoms with Crippen molar-refractivity contribution in [1.82, 2.24) is 4.57 Å². The lowest BCUT2D eigenvalue weighted by atomic mass is 9.93. The number of carbonyl (C=O) groups excluding carboxylic acids is 1. The number of halogens is 1. The second kappa shape index (κ2) is 10.1. The van der Waals surface area contributed by atoms with E-state index in [1.807, 2.05) is 6.92 Å². The molecule has 0 bridgehead atoms. The van der Waals surface area contributed by atoms with Gasteiger partial charge in [0.15, 0.2) is 0 Å². The molecule has 17 heteroatoms. The Bertz CT molecular complexity index is 1430. The summed E-state index contributed by atoms with van der Waals surface area (Å²) in [5.74, 6) is -2.11. The van der Waals surface area contributed by atoms with Crippen LogP contribution in [0.4, 0.5) is 14.9 Å². The van der Waals surface area contributed by atoms with Crippen molar-refractivity contribution in [3.05, 3.63) is 39.4 Å². The van der Waals surface area contributed by atoms with Crippen LogP contribution < -0.4 is 10.3 Å². The quantitative estimate of drug-likeness (QED) is 0.246. The van der Waals surface area contributed by atoms with E-state index in [0.29, 0.717) is 23.9 Å². The maximum Gasteiger partial charge on any atom is 0.510 e. The Labute approximate surface area is 213 Å². The SMILES string of the molecule is CC1CCc2c(N3CCC(OC(=O)OC(P(=O)(O)O)P(=O)(O)O)CC3)c(F)cc3c(=O)c(C(=O)O)cn1c23. The standard InChI is InChI=1S/C21H25FN2O12P2/c1-10-2-3-12-16-13(18(25)14(19(26)27)9-24(10)16)8-15(22)17(12)23-6-4-11(5-7-23)35-20(28)36-21(37(29,30)31)38(32,33)34/h8-11,21H,2-7H2,1H3,(H,26,27)(H2,29,30,31)(H2,32,33,34). The summed E-state index contributed by atoms with van der Waals surface area (Å²) in [7, 11) is -11.0. The number of nitrogens with zero attached hydrogens (tertiary/aromatic N) is 2. The minimum Gasteiger partial charge on any atom is -0.477 e. The van der Waals surface area contributed by atoms with E-state index in [-0.39, 0.29) is 43.0 Å². The fourth-order valence-corrected chi connectivity index (χ4v) is 6.92. The molecule has 38 heavy (non-hydrogen) atoms. The first kappa shape index (κ1) is 28.2. The summed E-state index contributed by atoms with van der Waals surface area (Å²) in [6, 6.07) is 0.902. The summed E-state index contributed by atoms with van der Waals surface area (Å²) in [6.07, 6.45) is 0.0323. The van der Waals surface area contributed by atoms with Gasteiger partial charge in [0, 0.05) is 49.1 Å². The van der Waals surface area contributed by atoms with Crippen LogP contribution in [0.25, 0.3) is 10.9 Å². The van der Waals surface area contributed by atoms with E-state index in [0.717, 1.165) is 6.07 Å². The summed E-state index contributed by atoms with van der Waals surface area (Å²) in [5, 5.41) is 9.39. The van der Waals surface area contributed by atoms with Gasteiger partial charge in [0.2, 0.25) is 5.43 Å². The summed E-state index contributed by atoms with van der Waals surface area (Å²) < 4.78 is 48.9. The zero-order valence-corrected chi connectivity index (χ0v) is 21.7. The van der Waals surface area contributed by atoms with E-state index in [1.54, 1.807) is 9.47 Å². The van der Waals surface area contributed by atoms with E-state index >= 15 is 4.39 Å². The van der Waals surface area contributed by atoms with E-state index in [2.05, 4.69) is 4.74 Å². The Hall–Kier alpha value is -2.80. The normalized spacial score (nSPS) is 18.6. The minimum absolute atomic E-state index is 0.0293. The second-order valence-corrected chi connectivity index (χ2v) is 12.9. The number of ether oxygens (including phenoxy) is 2. The van der Waals surface area contributed by atoms with Crippen LogP contribution in [0.2, 0.25) is 0 Å². The second-order valence-electron chi connectivity index (χ2n) is 9.23. The number of carboxylic acid groups (broad SMARTS) is 1. The van der Waals surface area contributed by atoms with Crippen LogP contribution in [0.3, 0.4) is 0 Å². The third kappa shape index (κ3) is 5.35. The number of hydrogen-bond acceptors (Lipinski definition) is 8. The van der Waals surface area contributed by atoms with Crippen molar-refractivity contribution in [1.29, 1.82) is 0 Å². The van der Waals surface area contributed by atoms with Crippen LogP contribution in [0.1, 0.15) is 48.1 Å². The Kier molecular flexibility index (Phi) is 7.47. The first-order valence-corrected chi connectivity index (χ1v) is 14.8. The molecule has 208 valence electrons. The predicted octanol–water partition coefficient (Wildman–Crippen LogP) is 2.11. The molecule has 1 saturated heterocycles. The Morgan fingerprint density at radius 1 is 1.11 bits per heavy atom. The van der Waals surface area contributed by atoms with E-state index in [9.17, 15) is 28.6 Å². The van der Waals surface area contributed by atoms with Gasteiger partial charge in [-0.2, -0.15) is 0 Å². The number of aromatic nitrogens is 1. The monoisotopic (exact) mass is 578 g/mol. The molecule has 0 aliphatic carbocycles. The number of pyridine rings is 1. The van der Waals surface area contributed by atoms with Crippen molar-refractivity contribution >= 4 is 43.9 Å². The first-order valence-electron chi connectivity index (χ1n) is 11.5. The molecule has 0 radical (unpaired) electrons. The number of hydrogen-bond donors (Lipinski definition) is 5. The average molecular weight is 578 g/mol. The smallest absolute Gasteiger partial charge is 0.477 e. The van der Waals surface area contributed by atoms with Crippen LogP contribution in [0.5, 0.6) is 0 Å². The lowest BCUT2D eigenvalue weighted by Gasteiger charge is -2.36. The Morgan fingerprint density at radius 3 is 2.26 bits per heavy atom. The molecule has 4 rings (SSSR count). The third-order valence-electron chi connectivity index (χ3n) is 6.66. The molecule has 14 nitrogen and oxygen atoms in total. The van der Waals surface area contributed by atoms with Crippen molar-refractivity contribution in [3.63, 3.8) is 0 Å². The topological polar surface area (TPSA) is 213 Å². The molecule has 5 N–H and O–H groups in total. The molecule has 1 atom stereocenters. The van der Waals surface area contributed by atoms with Gasteiger partial charge in [-0.1, -0.05) is 0 Å². The van der Waals surface area contributed by atoms with Crippen LogP contribution >= 0.6 is 15.2 Å². The van der Waals surface area contributed by atoms with Gasteiger partial charge >= 0.3 is 32.9 Å². The number of anilines is 1. The molecule has 1 fully saturated rings. The highest BCUT2D eigenvalue weighted by molar-refractivity contribution is 7.70. The zero-order chi connectivity index (χ0) is 28.2. The molecular formula is C21H25FN2O12P2. The zero-order valence-electron chi connectivity index (χ0n) is 19.9. The molecule has 0 spiro atoms. The molecule has 1 unspecified atom stereocenters. The van der Waals surface area contributed by atoms with Crippen molar-refractivity contribution in [2.24, 2.45) is 0 Å². The fourth-order valence-electron chi connectivity index (χ4n) is 4.91. The molecule has 0 amide bonds. The number of benzene rings is 1. The predicted molar refractivity (Wildman–Crippen MR) is 129 cm³/mol. The number of aromatic carboxylic acids is 1. The van der Waals surface area contributed by atoms with Crippen LogP contribution in [0.15, 0.2) is 17.1 Å². The van der Waals surface area contributed by atoms with Gasteiger partial charge in [-0.25, -0.2) is 14.0 Å². The molecule has 1 aromatic carbocycles. The van der Waals surface area contributed by atoms with Crippen molar-refractivity contribution in [3.8, 4) is 0 Å². The molecule has 2 aliphatic rings. The summed E-state index contributed by atoms with van der Waals surface area (Å²) in [6.45, 7) is 2.20. The van der Waals surface area contributed by atoms with Gasteiger partial charge in [0.1, 0.15) is 17.5 Å². The molecular weight excluding hydrogens is 553 g/mol.